The number of amides is 3. The van der Waals surface area contributed by atoms with Gasteiger partial charge in [0.15, 0.2) is 0 Å². The summed E-state index contributed by atoms with van der Waals surface area (Å²) in [6.45, 7) is 13.2. The number of alkyl carbamates (subject to hydrolysis) is 1. The molecule has 0 aromatic heterocycles. The lowest BCUT2D eigenvalue weighted by Gasteiger charge is -2.35. The minimum atomic E-state index is -1.10. The molecule has 9 heteroatoms. The van der Waals surface area contributed by atoms with Gasteiger partial charge in [-0.25, -0.2) is 4.79 Å². The average Bonchev–Trinajstić information content (AvgIpc) is 2.81. The van der Waals surface area contributed by atoms with Crippen LogP contribution in [0.3, 0.4) is 0 Å². The molecule has 3 N–H and O–H groups in total. The Kier molecular flexibility index (Phi) is 11.6. The van der Waals surface area contributed by atoms with E-state index < -0.39 is 35.6 Å². The third-order valence-electron chi connectivity index (χ3n) is 5.95. The van der Waals surface area contributed by atoms with Crippen LogP contribution in [0.4, 0.5) is 10.5 Å². The van der Waals surface area contributed by atoms with Crippen LogP contribution in [0.25, 0.3) is 0 Å². The minimum Gasteiger partial charge on any atom is -0.508 e. The van der Waals surface area contributed by atoms with Gasteiger partial charge < -0.3 is 25.4 Å². The van der Waals surface area contributed by atoms with Crippen LogP contribution < -0.4 is 10.6 Å². The molecule has 0 spiro atoms. The van der Waals surface area contributed by atoms with Crippen LogP contribution >= 0.6 is 11.6 Å². The summed E-state index contributed by atoms with van der Waals surface area (Å²) in [6, 6.07) is 9.55. The molecule has 0 aliphatic rings. The molecule has 0 bridgehead atoms. The third kappa shape index (κ3) is 9.77. The number of carbonyl (C=O) groups is 3. The number of nitrogens with one attached hydrogen (secondary N) is 2. The van der Waals surface area contributed by atoms with E-state index >= 15 is 0 Å². The van der Waals surface area contributed by atoms with E-state index in [0.29, 0.717) is 29.1 Å². The van der Waals surface area contributed by atoms with Crippen molar-refractivity contribution in [2.75, 3.05) is 11.9 Å². The number of nitrogens with zero attached hydrogens (tertiary/aromatic N) is 1. The van der Waals surface area contributed by atoms with Crippen molar-refractivity contribution < 1.29 is 24.2 Å². The second-order valence-electron chi connectivity index (χ2n) is 11.1. The van der Waals surface area contributed by atoms with Gasteiger partial charge in [0.05, 0.1) is 10.7 Å². The Morgan fingerprint density at radius 2 is 1.77 bits per heavy atom. The molecular formula is C30H42ClN3O5. The molecule has 0 radical (unpaired) electrons. The van der Waals surface area contributed by atoms with Gasteiger partial charge in [-0.1, -0.05) is 63.1 Å². The molecule has 0 saturated heterocycles. The third-order valence-corrected chi connectivity index (χ3v) is 6.26. The minimum absolute atomic E-state index is 0.0345. The summed E-state index contributed by atoms with van der Waals surface area (Å²) in [4.78, 5) is 42.3. The Morgan fingerprint density at radius 1 is 1.10 bits per heavy atom. The van der Waals surface area contributed by atoms with Crippen molar-refractivity contribution in [3.05, 3.63) is 58.6 Å². The maximum absolute atomic E-state index is 14.2. The smallest absolute Gasteiger partial charge is 0.408 e. The van der Waals surface area contributed by atoms with Crippen molar-refractivity contribution in [2.45, 2.75) is 85.4 Å². The maximum atomic E-state index is 14.2. The van der Waals surface area contributed by atoms with Crippen molar-refractivity contribution in [1.29, 1.82) is 0 Å². The first-order chi connectivity index (χ1) is 18.2. The van der Waals surface area contributed by atoms with E-state index in [1.54, 1.807) is 45.0 Å². The molecule has 0 aliphatic carbocycles. The summed E-state index contributed by atoms with van der Waals surface area (Å²) >= 11 is 6.40. The number of phenolic OH excluding ortho intramolecular Hbond substituents is 1. The second kappa shape index (κ2) is 14.2. The monoisotopic (exact) mass is 559 g/mol. The molecule has 0 heterocycles. The molecule has 2 unspecified atom stereocenters. The largest absolute Gasteiger partial charge is 0.508 e. The van der Waals surface area contributed by atoms with E-state index in [1.165, 1.54) is 17.0 Å². The number of benzene rings is 2. The van der Waals surface area contributed by atoms with E-state index in [1.807, 2.05) is 33.8 Å². The zero-order chi connectivity index (χ0) is 29.3. The van der Waals surface area contributed by atoms with Gasteiger partial charge in [-0.2, -0.15) is 0 Å². The fourth-order valence-corrected chi connectivity index (χ4v) is 4.46. The van der Waals surface area contributed by atoms with Crippen LogP contribution in [-0.2, 0) is 14.3 Å². The fraction of sp³-hybridized carbons (Fsp3) is 0.500. The lowest BCUT2D eigenvalue weighted by Crippen LogP contribution is -2.53. The Hall–Kier alpha value is -3.26. The van der Waals surface area contributed by atoms with Gasteiger partial charge >= 0.3 is 6.09 Å². The lowest BCUT2D eigenvalue weighted by atomic mass is 9.98. The average molecular weight is 560 g/mol. The van der Waals surface area contributed by atoms with Crippen LogP contribution in [0.1, 0.15) is 78.0 Å². The van der Waals surface area contributed by atoms with Gasteiger partial charge in [0.25, 0.3) is 5.91 Å². The number of hydrogen-bond acceptors (Lipinski definition) is 5. The number of halogens is 1. The SMILES string of the molecule is CCCCN(C(=O)C(CC(C)C)NC(=O)OC(C)(C)C)C(C(=O)Nc1c(C)cccc1Cl)c1cccc(O)c1. The highest BCUT2D eigenvalue weighted by molar-refractivity contribution is 6.34. The van der Waals surface area contributed by atoms with Crippen LogP contribution in [0.5, 0.6) is 5.75 Å². The van der Waals surface area contributed by atoms with E-state index in [0.717, 1.165) is 12.0 Å². The van der Waals surface area contributed by atoms with Gasteiger partial charge in [0.1, 0.15) is 23.4 Å². The summed E-state index contributed by atoms with van der Waals surface area (Å²) in [5, 5.41) is 16.2. The zero-order valence-corrected chi connectivity index (χ0v) is 24.8. The molecule has 2 atom stereocenters. The van der Waals surface area contributed by atoms with Crippen LogP contribution in [0.15, 0.2) is 42.5 Å². The van der Waals surface area contributed by atoms with Gasteiger partial charge in [-0.3, -0.25) is 9.59 Å². The number of ether oxygens (including phenoxy) is 1. The lowest BCUT2D eigenvalue weighted by molar-refractivity contribution is -0.141. The zero-order valence-electron chi connectivity index (χ0n) is 24.0. The van der Waals surface area contributed by atoms with Crippen molar-refractivity contribution in [3.63, 3.8) is 0 Å². The highest BCUT2D eigenvalue weighted by Crippen LogP contribution is 2.31. The number of aromatic hydroxyl groups is 1. The van der Waals surface area contributed by atoms with Gasteiger partial charge in [0.2, 0.25) is 5.91 Å². The summed E-state index contributed by atoms with van der Waals surface area (Å²) in [5.74, 6) is -0.863. The molecule has 2 rings (SSSR count). The summed E-state index contributed by atoms with van der Waals surface area (Å²) in [7, 11) is 0. The first kappa shape index (κ1) is 32.0. The molecule has 0 fully saturated rings. The van der Waals surface area contributed by atoms with Gasteiger partial charge in [0, 0.05) is 6.54 Å². The molecule has 0 saturated carbocycles. The summed E-state index contributed by atoms with van der Waals surface area (Å²) < 4.78 is 5.43. The first-order valence-corrected chi connectivity index (χ1v) is 13.8. The molecule has 3 amide bonds. The molecular weight excluding hydrogens is 518 g/mol. The number of carbonyl (C=O) groups excluding carboxylic acids is 3. The number of rotatable bonds is 11. The van der Waals surface area contributed by atoms with Crippen LogP contribution in [-0.4, -0.2) is 46.1 Å². The van der Waals surface area contributed by atoms with Crippen molar-refractivity contribution in [3.8, 4) is 5.75 Å². The Bertz CT molecular complexity index is 1130. The van der Waals surface area contributed by atoms with Crippen LogP contribution in [0, 0.1) is 12.8 Å². The Balaban J connectivity index is 2.57. The highest BCUT2D eigenvalue weighted by atomic mass is 35.5. The number of unbranched alkanes of at least 4 members (excludes halogenated alkanes) is 1. The molecule has 8 nitrogen and oxygen atoms in total. The molecule has 2 aromatic rings. The number of aryl methyl sites for hydroxylation is 1. The van der Waals surface area contributed by atoms with E-state index in [9.17, 15) is 19.5 Å². The highest BCUT2D eigenvalue weighted by Gasteiger charge is 2.36. The van der Waals surface area contributed by atoms with E-state index in [-0.39, 0.29) is 18.2 Å². The number of hydrogen-bond donors (Lipinski definition) is 3. The molecule has 39 heavy (non-hydrogen) atoms. The maximum Gasteiger partial charge on any atom is 0.408 e. The second-order valence-corrected chi connectivity index (χ2v) is 11.5. The predicted molar refractivity (Wildman–Crippen MR) is 155 cm³/mol. The van der Waals surface area contributed by atoms with Crippen molar-refractivity contribution >= 4 is 35.2 Å². The quantitative estimate of drug-likeness (QED) is 0.287. The van der Waals surface area contributed by atoms with Crippen molar-refractivity contribution in [2.24, 2.45) is 5.92 Å². The van der Waals surface area contributed by atoms with Crippen LogP contribution in [0.2, 0.25) is 5.02 Å². The first-order valence-electron chi connectivity index (χ1n) is 13.4. The molecule has 0 aliphatic heterocycles. The van der Waals surface area contributed by atoms with Crippen molar-refractivity contribution in [1.82, 2.24) is 10.2 Å². The van der Waals surface area contributed by atoms with Gasteiger partial charge in [-0.15, -0.1) is 0 Å². The Labute approximate surface area is 237 Å². The summed E-state index contributed by atoms with van der Waals surface area (Å²) in [5.41, 5.74) is 0.903. The fourth-order valence-electron chi connectivity index (χ4n) is 4.19. The van der Waals surface area contributed by atoms with E-state index in [4.69, 9.17) is 16.3 Å². The number of anilines is 1. The predicted octanol–water partition coefficient (Wildman–Crippen LogP) is 6.60. The topological polar surface area (TPSA) is 108 Å². The van der Waals surface area contributed by atoms with Gasteiger partial charge in [-0.05, 0) is 75.8 Å². The molecule has 2 aromatic carbocycles. The van der Waals surface area contributed by atoms with E-state index in [2.05, 4.69) is 10.6 Å². The normalized spacial score (nSPS) is 12.9. The Morgan fingerprint density at radius 3 is 2.33 bits per heavy atom. The summed E-state index contributed by atoms with van der Waals surface area (Å²) in [6.07, 6.45) is 1.04. The number of para-hydroxylation sites is 1. The standard InChI is InChI=1S/C30H42ClN3O5/c1-8-9-16-34(28(37)24(17-19(2)3)32-29(38)39-30(5,6)7)26(21-13-11-14-22(35)18-21)27(36)33-25-20(4)12-10-15-23(25)31/h10-15,18-19,24,26,35H,8-9,16-17H2,1-7H3,(H,32,38)(H,33,36). The molecule has 214 valence electrons. The number of phenols is 1.